The molecule has 3 aromatic rings. The first kappa shape index (κ1) is 17.6. The maximum Gasteiger partial charge on any atom is 0.216 e. The molecule has 0 unspecified atom stereocenters. The van der Waals surface area contributed by atoms with Crippen LogP contribution >= 0.6 is 11.3 Å². The van der Waals surface area contributed by atoms with Crippen molar-refractivity contribution in [3.05, 3.63) is 70.0 Å². The number of phenols is 1. The van der Waals surface area contributed by atoms with E-state index in [0.717, 1.165) is 22.4 Å². The van der Waals surface area contributed by atoms with Gasteiger partial charge in [-0.3, -0.25) is 0 Å². The van der Waals surface area contributed by atoms with Gasteiger partial charge in [-0.25, -0.2) is 18.1 Å². The van der Waals surface area contributed by atoms with Crippen molar-refractivity contribution in [2.24, 2.45) is 0 Å². The van der Waals surface area contributed by atoms with E-state index in [1.807, 2.05) is 30.5 Å². The van der Waals surface area contributed by atoms with Crippen LogP contribution in [0.3, 0.4) is 0 Å². The van der Waals surface area contributed by atoms with Gasteiger partial charge >= 0.3 is 0 Å². The highest BCUT2D eigenvalue weighted by atomic mass is 32.2. The van der Waals surface area contributed by atoms with Crippen LogP contribution in [0.5, 0.6) is 5.75 Å². The fourth-order valence-electron chi connectivity index (χ4n) is 2.40. The molecule has 0 atom stereocenters. The molecule has 1 heterocycles. The van der Waals surface area contributed by atoms with Gasteiger partial charge in [-0.1, -0.05) is 29.8 Å². The first-order valence-corrected chi connectivity index (χ1v) is 10.2. The molecule has 0 bridgehead atoms. The van der Waals surface area contributed by atoms with Crippen LogP contribution in [0.25, 0.3) is 11.3 Å². The molecule has 0 aliphatic rings. The van der Waals surface area contributed by atoms with E-state index in [4.69, 9.17) is 0 Å². The van der Waals surface area contributed by atoms with Crippen LogP contribution in [0.2, 0.25) is 0 Å². The molecule has 0 saturated heterocycles. The number of phenolic OH excluding ortho intramolecular Hbond substituents is 1. The molecule has 0 radical (unpaired) electrons. The Labute approximate surface area is 151 Å². The van der Waals surface area contributed by atoms with E-state index in [1.165, 1.54) is 11.3 Å². The van der Waals surface area contributed by atoms with E-state index < -0.39 is 10.0 Å². The van der Waals surface area contributed by atoms with Crippen molar-refractivity contribution in [2.75, 3.05) is 0 Å². The number of sulfonamides is 1. The summed E-state index contributed by atoms with van der Waals surface area (Å²) in [7, 11) is -3.43. The minimum atomic E-state index is -3.43. The van der Waals surface area contributed by atoms with Crippen LogP contribution in [0, 0.1) is 6.92 Å². The second-order valence-corrected chi connectivity index (χ2v) is 8.49. The lowest BCUT2D eigenvalue weighted by molar-refractivity contribution is 0.475. The average Bonchev–Trinajstić information content (AvgIpc) is 3.02. The second kappa shape index (κ2) is 7.35. The zero-order chi connectivity index (χ0) is 17.9. The van der Waals surface area contributed by atoms with Gasteiger partial charge in [-0.2, -0.15) is 0 Å². The van der Waals surface area contributed by atoms with E-state index >= 15 is 0 Å². The Balaban J connectivity index is 1.64. The summed E-state index contributed by atoms with van der Waals surface area (Å²) in [5.41, 5.74) is 3.43. The van der Waals surface area contributed by atoms with E-state index in [1.54, 1.807) is 30.3 Å². The number of aryl methyl sites for hydroxylation is 1. The number of nitrogens with zero attached hydrogens (tertiary/aromatic N) is 1. The number of benzene rings is 2. The summed E-state index contributed by atoms with van der Waals surface area (Å²) in [5.74, 6) is 0.147. The van der Waals surface area contributed by atoms with Gasteiger partial charge in [0, 0.05) is 10.9 Å². The maximum atomic E-state index is 12.2. The highest BCUT2D eigenvalue weighted by molar-refractivity contribution is 7.88. The Bertz CT molecular complexity index is 964. The Kier molecular flexibility index (Phi) is 5.17. The summed E-state index contributed by atoms with van der Waals surface area (Å²) in [6, 6.07) is 14.2. The molecule has 130 valence electrons. The number of hydrogen-bond acceptors (Lipinski definition) is 5. The molecule has 1 aromatic heterocycles. The molecular formula is C18H18N2O3S2. The summed E-state index contributed by atoms with van der Waals surface area (Å²) in [4.78, 5) is 4.44. The average molecular weight is 374 g/mol. The van der Waals surface area contributed by atoms with Crippen LogP contribution in [0.4, 0.5) is 0 Å². The smallest absolute Gasteiger partial charge is 0.216 e. The first-order chi connectivity index (χ1) is 11.9. The summed E-state index contributed by atoms with van der Waals surface area (Å²) >= 11 is 1.40. The molecule has 0 spiro atoms. The van der Waals surface area contributed by atoms with Gasteiger partial charge in [-0.15, -0.1) is 11.3 Å². The highest BCUT2D eigenvalue weighted by Gasteiger charge is 2.13. The van der Waals surface area contributed by atoms with Crippen LogP contribution in [0.1, 0.15) is 16.1 Å². The molecule has 0 saturated carbocycles. The second-order valence-electron chi connectivity index (χ2n) is 5.74. The molecule has 7 heteroatoms. The molecule has 3 rings (SSSR count). The molecule has 0 aliphatic heterocycles. The van der Waals surface area contributed by atoms with Crippen molar-refractivity contribution in [2.45, 2.75) is 19.2 Å². The minimum absolute atomic E-state index is 0.0507. The van der Waals surface area contributed by atoms with E-state index in [2.05, 4.69) is 9.71 Å². The number of rotatable bonds is 6. The van der Waals surface area contributed by atoms with E-state index in [9.17, 15) is 13.5 Å². The number of aromatic nitrogens is 1. The lowest BCUT2D eigenvalue weighted by Crippen LogP contribution is -2.24. The van der Waals surface area contributed by atoms with Crippen molar-refractivity contribution < 1.29 is 13.5 Å². The molecule has 25 heavy (non-hydrogen) atoms. The number of nitrogens with one attached hydrogen (secondary N) is 1. The predicted octanol–water partition coefficient (Wildman–Crippen LogP) is 3.44. The van der Waals surface area contributed by atoms with Crippen molar-refractivity contribution >= 4 is 21.4 Å². The monoisotopic (exact) mass is 374 g/mol. The zero-order valence-corrected chi connectivity index (χ0v) is 15.3. The molecule has 0 fully saturated rings. The largest absolute Gasteiger partial charge is 0.508 e. The van der Waals surface area contributed by atoms with Crippen molar-refractivity contribution in [1.29, 1.82) is 0 Å². The third-order valence-electron chi connectivity index (χ3n) is 3.60. The lowest BCUT2D eigenvalue weighted by Gasteiger charge is -2.06. The Hall–Kier alpha value is -2.22. The Morgan fingerprint density at radius 1 is 1.16 bits per heavy atom. The normalized spacial score (nSPS) is 11.6. The quantitative estimate of drug-likeness (QED) is 0.693. The van der Waals surface area contributed by atoms with Gasteiger partial charge in [0.05, 0.1) is 18.0 Å². The van der Waals surface area contributed by atoms with Crippen LogP contribution in [-0.4, -0.2) is 18.5 Å². The topological polar surface area (TPSA) is 79.3 Å². The van der Waals surface area contributed by atoms with Crippen LogP contribution < -0.4 is 4.72 Å². The highest BCUT2D eigenvalue weighted by Crippen LogP contribution is 2.23. The third kappa shape index (κ3) is 4.88. The number of hydrogen-bond donors (Lipinski definition) is 2. The molecule has 5 nitrogen and oxygen atoms in total. The third-order valence-corrected chi connectivity index (χ3v) is 5.74. The van der Waals surface area contributed by atoms with Crippen LogP contribution in [0.15, 0.2) is 53.9 Å². The predicted molar refractivity (Wildman–Crippen MR) is 99.9 cm³/mol. The molecule has 2 aromatic carbocycles. The molecule has 2 N–H and O–H groups in total. The minimum Gasteiger partial charge on any atom is -0.508 e. The summed E-state index contributed by atoms with van der Waals surface area (Å²) in [5, 5.41) is 11.9. The summed E-state index contributed by atoms with van der Waals surface area (Å²) in [6.45, 7) is 2.10. The number of thiazole rings is 1. The van der Waals surface area contributed by atoms with Gasteiger partial charge in [-0.05, 0) is 36.8 Å². The Morgan fingerprint density at radius 3 is 2.64 bits per heavy atom. The van der Waals surface area contributed by atoms with Crippen molar-refractivity contribution in [3.8, 4) is 17.0 Å². The molecule has 0 aliphatic carbocycles. The maximum absolute atomic E-state index is 12.2. The van der Waals surface area contributed by atoms with Crippen molar-refractivity contribution in [3.63, 3.8) is 0 Å². The summed E-state index contributed by atoms with van der Waals surface area (Å²) < 4.78 is 27.1. The summed E-state index contributed by atoms with van der Waals surface area (Å²) in [6.07, 6.45) is 0. The fraction of sp³-hybridized carbons (Fsp3) is 0.167. The van der Waals surface area contributed by atoms with Gasteiger partial charge in [0.25, 0.3) is 0 Å². The van der Waals surface area contributed by atoms with Gasteiger partial charge in [0.2, 0.25) is 10.0 Å². The van der Waals surface area contributed by atoms with Crippen LogP contribution in [-0.2, 0) is 22.3 Å². The fourth-order valence-corrected chi connectivity index (χ4v) is 4.31. The molecular weight excluding hydrogens is 356 g/mol. The molecule has 0 amide bonds. The SMILES string of the molecule is Cc1cccc(CS(=O)(=O)NCc2nc(-c3ccc(O)cc3)cs2)c1. The van der Waals surface area contributed by atoms with E-state index in [-0.39, 0.29) is 18.0 Å². The zero-order valence-electron chi connectivity index (χ0n) is 13.6. The lowest BCUT2D eigenvalue weighted by atomic mass is 10.2. The van der Waals surface area contributed by atoms with Gasteiger partial charge in [0.1, 0.15) is 10.8 Å². The van der Waals surface area contributed by atoms with Gasteiger partial charge in [0.15, 0.2) is 0 Å². The van der Waals surface area contributed by atoms with Gasteiger partial charge < -0.3 is 5.11 Å². The Morgan fingerprint density at radius 2 is 1.92 bits per heavy atom. The number of aromatic hydroxyl groups is 1. The standard InChI is InChI=1S/C18H18N2O3S2/c1-13-3-2-4-14(9-13)12-25(22,23)19-10-18-20-17(11-24-18)15-5-7-16(21)8-6-15/h2-9,11,19,21H,10,12H2,1H3. The van der Waals surface area contributed by atoms with E-state index in [0.29, 0.717) is 5.01 Å². The first-order valence-electron chi connectivity index (χ1n) is 7.68. The van der Waals surface area contributed by atoms with Crippen molar-refractivity contribution in [1.82, 2.24) is 9.71 Å².